The summed E-state index contributed by atoms with van der Waals surface area (Å²) in [6.45, 7) is 3.70. The first-order valence-corrected chi connectivity index (χ1v) is 17.6. The molecule has 2 N–H and O–H groups in total. The minimum absolute atomic E-state index is 0.00337. The van der Waals surface area contributed by atoms with Crippen molar-refractivity contribution in [1.29, 1.82) is 0 Å². The third kappa shape index (κ3) is 6.04. The van der Waals surface area contributed by atoms with E-state index < -0.39 is 6.16 Å². The fraction of sp³-hybridized carbons (Fsp3) is 0.378. The molecule has 4 heterocycles. The molecule has 1 aliphatic heterocycles. The zero-order valence-corrected chi connectivity index (χ0v) is 28.4. The summed E-state index contributed by atoms with van der Waals surface area (Å²) in [5.74, 6) is 0.336. The highest BCUT2D eigenvalue weighted by atomic mass is 32.1. The number of amides is 1. The highest BCUT2D eigenvalue weighted by Crippen LogP contribution is 2.59. The molecule has 1 amide bonds. The molecule has 0 bridgehead atoms. The fourth-order valence-corrected chi connectivity index (χ4v) is 8.68. The number of carbonyl (C=O) groups is 2. The molecule has 1 spiro atoms. The van der Waals surface area contributed by atoms with E-state index in [4.69, 9.17) is 19.6 Å². The molecule has 12 heteroatoms. The predicted molar refractivity (Wildman–Crippen MR) is 187 cm³/mol. The van der Waals surface area contributed by atoms with Gasteiger partial charge in [-0.05, 0) is 98.7 Å². The van der Waals surface area contributed by atoms with Crippen molar-refractivity contribution in [2.75, 3.05) is 23.9 Å². The van der Waals surface area contributed by atoms with E-state index in [1.165, 1.54) is 30.6 Å². The smallest absolute Gasteiger partial charge is 0.449 e. The summed E-state index contributed by atoms with van der Waals surface area (Å²) in [6, 6.07) is 17.3. The zero-order chi connectivity index (χ0) is 33.8. The van der Waals surface area contributed by atoms with Gasteiger partial charge in [0.25, 0.3) is 5.91 Å². The number of thiazole rings is 1. The molecule has 5 aromatic rings. The van der Waals surface area contributed by atoms with Crippen LogP contribution in [0.15, 0.2) is 60.8 Å². The third-order valence-corrected chi connectivity index (χ3v) is 11.6. The molecule has 2 saturated carbocycles. The van der Waals surface area contributed by atoms with Gasteiger partial charge in [-0.1, -0.05) is 35.6 Å². The van der Waals surface area contributed by atoms with Crippen LogP contribution in [0.4, 0.5) is 15.7 Å². The Morgan fingerprint density at radius 3 is 2.67 bits per heavy atom. The van der Waals surface area contributed by atoms with Gasteiger partial charge in [-0.2, -0.15) is 10.1 Å². The van der Waals surface area contributed by atoms with Crippen LogP contribution < -0.4 is 15.0 Å². The number of aromatic nitrogens is 4. The van der Waals surface area contributed by atoms with Crippen molar-refractivity contribution >= 4 is 44.6 Å². The van der Waals surface area contributed by atoms with Crippen molar-refractivity contribution in [1.82, 2.24) is 19.7 Å². The van der Waals surface area contributed by atoms with Gasteiger partial charge in [0.05, 0.1) is 28.6 Å². The quantitative estimate of drug-likeness (QED) is 0.160. The number of carbonyl (C=O) groups excluding carboxylic acids is 1. The monoisotopic (exact) mass is 678 g/mol. The molecule has 2 aliphatic carbocycles. The molecule has 2 fully saturated rings. The van der Waals surface area contributed by atoms with Crippen LogP contribution in [0.5, 0.6) is 5.88 Å². The van der Waals surface area contributed by atoms with E-state index in [9.17, 15) is 14.7 Å². The lowest BCUT2D eigenvalue weighted by atomic mass is 9.75. The van der Waals surface area contributed by atoms with E-state index >= 15 is 0 Å². The van der Waals surface area contributed by atoms with Gasteiger partial charge in [0.15, 0.2) is 5.13 Å². The summed E-state index contributed by atoms with van der Waals surface area (Å²) in [5, 5.41) is 17.9. The number of ether oxygens (including phenoxy) is 2. The van der Waals surface area contributed by atoms with Crippen LogP contribution in [-0.4, -0.2) is 56.2 Å². The molecule has 11 nitrogen and oxygen atoms in total. The van der Waals surface area contributed by atoms with Gasteiger partial charge in [0.1, 0.15) is 5.82 Å². The largest absolute Gasteiger partial charge is 0.512 e. The van der Waals surface area contributed by atoms with E-state index in [1.807, 2.05) is 71.1 Å². The lowest BCUT2D eigenvalue weighted by Gasteiger charge is -2.40. The number of nitrogens with one attached hydrogen (secondary N) is 1. The zero-order valence-electron chi connectivity index (χ0n) is 27.6. The average molecular weight is 679 g/mol. The first-order valence-electron chi connectivity index (χ1n) is 16.8. The SMILES string of the molecule is COC1(Cn2ncc(-c3ccc(N4CCc5cccc(C(=O)Nc6nc7ccccc7s6)c5C4)nc3OC(=O)O)c2C)CCCC2(CC2)C1. The Morgan fingerprint density at radius 1 is 1.02 bits per heavy atom. The highest BCUT2D eigenvalue weighted by Gasteiger charge is 2.52. The van der Waals surface area contributed by atoms with E-state index in [2.05, 4.69) is 10.3 Å². The summed E-state index contributed by atoms with van der Waals surface area (Å²) >= 11 is 1.44. The number of fused-ring (bicyclic) bond motifs is 2. The standard InChI is InChI=1S/C37H38N6O5S/c1-23-27(19-38-43(23)22-37(47-2)15-6-14-36(21-37)16-17-36)26-11-12-31(40-33(26)48-35(45)46)42-18-13-24-7-5-8-25(28(24)20-42)32(44)41-34-39-29-9-3-4-10-30(29)49-34/h3-5,7-12,19H,6,13-18,20-22H2,1-2H3,(H,45,46)(H,39,41,44). The number of anilines is 2. The molecule has 0 radical (unpaired) electrons. The number of nitrogens with zero attached hydrogens (tertiary/aromatic N) is 5. The van der Waals surface area contributed by atoms with Gasteiger partial charge >= 0.3 is 6.16 Å². The Balaban J connectivity index is 1.05. The van der Waals surface area contributed by atoms with Gasteiger partial charge in [0.2, 0.25) is 5.88 Å². The van der Waals surface area contributed by atoms with Gasteiger partial charge in [-0.25, -0.2) is 9.78 Å². The number of carboxylic acid groups (broad SMARTS) is 1. The number of methoxy groups -OCH3 is 1. The number of benzene rings is 2. The van der Waals surface area contributed by atoms with Gasteiger partial charge in [-0.3, -0.25) is 14.8 Å². The number of hydrogen-bond donors (Lipinski definition) is 2. The maximum absolute atomic E-state index is 13.5. The maximum atomic E-state index is 13.5. The second-order valence-electron chi connectivity index (χ2n) is 13.7. The van der Waals surface area contributed by atoms with Crippen LogP contribution in [0.2, 0.25) is 0 Å². The Labute approximate surface area is 287 Å². The first-order chi connectivity index (χ1) is 23.7. The summed E-state index contributed by atoms with van der Waals surface area (Å²) in [5.41, 5.74) is 5.78. The third-order valence-electron chi connectivity index (χ3n) is 10.6. The summed E-state index contributed by atoms with van der Waals surface area (Å²) in [6.07, 6.45) is 8.03. The lowest BCUT2D eigenvalue weighted by Crippen LogP contribution is -2.42. The molecular weight excluding hydrogens is 641 g/mol. The number of pyridine rings is 1. The van der Waals surface area contributed by atoms with Crippen molar-refractivity contribution in [2.24, 2.45) is 5.41 Å². The Morgan fingerprint density at radius 2 is 1.88 bits per heavy atom. The minimum Gasteiger partial charge on any atom is -0.449 e. The lowest BCUT2D eigenvalue weighted by molar-refractivity contribution is -0.0737. The molecule has 1 atom stereocenters. The molecule has 0 saturated heterocycles. The van der Waals surface area contributed by atoms with Crippen molar-refractivity contribution in [2.45, 2.75) is 70.6 Å². The van der Waals surface area contributed by atoms with Gasteiger partial charge in [0, 0.05) is 42.6 Å². The second kappa shape index (κ2) is 12.3. The van der Waals surface area contributed by atoms with E-state index in [0.717, 1.165) is 51.9 Å². The topological polar surface area (TPSA) is 132 Å². The normalized spacial score (nSPS) is 19.5. The van der Waals surface area contributed by atoms with Crippen LogP contribution in [0, 0.1) is 12.3 Å². The molecule has 2 aromatic carbocycles. The van der Waals surface area contributed by atoms with Crippen LogP contribution in [-0.2, 0) is 24.2 Å². The van der Waals surface area contributed by atoms with Gasteiger partial charge in [-0.15, -0.1) is 0 Å². The number of hydrogen-bond acceptors (Lipinski definition) is 9. The van der Waals surface area contributed by atoms with Crippen molar-refractivity contribution < 1.29 is 24.2 Å². The number of para-hydroxylation sites is 1. The summed E-state index contributed by atoms with van der Waals surface area (Å²) < 4.78 is 14.4. The predicted octanol–water partition coefficient (Wildman–Crippen LogP) is 7.47. The van der Waals surface area contributed by atoms with E-state index in [0.29, 0.717) is 53.5 Å². The Kier molecular flexibility index (Phi) is 7.87. The Hall–Kier alpha value is -4.81. The average Bonchev–Trinajstić information content (AvgIpc) is 3.54. The van der Waals surface area contributed by atoms with E-state index in [1.54, 1.807) is 13.3 Å². The molecule has 1 unspecified atom stereocenters. The second-order valence-corrected chi connectivity index (χ2v) is 14.7. The van der Waals surface area contributed by atoms with Crippen molar-refractivity contribution in [3.05, 3.63) is 83.2 Å². The van der Waals surface area contributed by atoms with Crippen LogP contribution >= 0.6 is 11.3 Å². The van der Waals surface area contributed by atoms with Crippen LogP contribution in [0.3, 0.4) is 0 Å². The van der Waals surface area contributed by atoms with Crippen LogP contribution in [0.1, 0.15) is 65.7 Å². The highest BCUT2D eigenvalue weighted by molar-refractivity contribution is 7.22. The van der Waals surface area contributed by atoms with Crippen molar-refractivity contribution in [3.63, 3.8) is 0 Å². The summed E-state index contributed by atoms with van der Waals surface area (Å²) in [4.78, 5) is 36.7. The van der Waals surface area contributed by atoms with Crippen LogP contribution in [0.25, 0.3) is 21.3 Å². The molecule has 8 rings (SSSR count). The van der Waals surface area contributed by atoms with Crippen molar-refractivity contribution in [3.8, 4) is 17.0 Å². The molecule has 3 aromatic heterocycles. The Bertz CT molecular complexity index is 2050. The number of rotatable bonds is 8. The molecular formula is C37H38N6O5S. The molecule has 252 valence electrons. The first kappa shape index (κ1) is 31.5. The van der Waals surface area contributed by atoms with E-state index in [-0.39, 0.29) is 17.4 Å². The minimum atomic E-state index is -1.44. The summed E-state index contributed by atoms with van der Waals surface area (Å²) in [7, 11) is 1.81. The molecule has 49 heavy (non-hydrogen) atoms. The molecule has 3 aliphatic rings. The fourth-order valence-electron chi connectivity index (χ4n) is 7.82. The maximum Gasteiger partial charge on any atom is 0.512 e. The van der Waals surface area contributed by atoms with Gasteiger partial charge < -0.3 is 19.5 Å².